The Morgan fingerprint density at radius 3 is 2.88 bits per heavy atom. The molecule has 0 aliphatic carbocycles. The van der Waals surface area contributed by atoms with E-state index in [-0.39, 0.29) is 22.4 Å². The first-order valence-electron chi connectivity index (χ1n) is 5.19. The van der Waals surface area contributed by atoms with Crippen molar-refractivity contribution >= 4 is 29.1 Å². The van der Waals surface area contributed by atoms with Gasteiger partial charge >= 0.3 is 0 Å². The molecule has 0 aliphatic rings. The molecule has 2 N–H and O–H groups in total. The lowest BCUT2D eigenvalue weighted by atomic mass is 10.2. The standard InChI is InChI=1S/C10H13Cl2N3O2/c1-2-3-6(16)5-13-10(17)7-4-8(11)14-15-9(7)12/h4,6,16H,2-3,5H2,1H3,(H,13,17). The summed E-state index contributed by atoms with van der Waals surface area (Å²) in [6.45, 7) is 2.12. The Balaban J connectivity index is 2.61. The Bertz CT molecular complexity index is 401. The minimum absolute atomic E-state index is 0.0168. The summed E-state index contributed by atoms with van der Waals surface area (Å²) >= 11 is 11.3. The fourth-order valence-electron chi connectivity index (χ4n) is 1.25. The first-order chi connectivity index (χ1) is 8.04. The van der Waals surface area contributed by atoms with Crippen molar-refractivity contribution in [1.29, 1.82) is 0 Å². The zero-order chi connectivity index (χ0) is 12.8. The highest BCUT2D eigenvalue weighted by Gasteiger charge is 2.14. The Kier molecular flexibility index (Phi) is 5.61. The van der Waals surface area contributed by atoms with E-state index in [2.05, 4.69) is 15.5 Å². The maximum absolute atomic E-state index is 11.7. The van der Waals surface area contributed by atoms with Crippen LogP contribution in [0.2, 0.25) is 10.3 Å². The Labute approximate surface area is 109 Å². The molecule has 0 aromatic carbocycles. The van der Waals surface area contributed by atoms with Crippen LogP contribution in [0.4, 0.5) is 0 Å². The average molecular weight is 278 g/mol. The van der Waals surface area contributed by atoms with Crippen LogP contribution >= 0.6 is 23.2 Å². The minimum Gasteiger partial charge on any atom is -0.391 e. The highest BCUT2D eigenvalue weighted by Crippen LogP contribution is 2.15. The molecular formula is C10H13Cl2N3O2. The third kappa shape index (κ3) is 4.46. The fourth-order valence-corrected chi connectivity index (χ4v) is 1.58. The number of aliphatic hydroxyl groups excluding tert-OH is 1. The van der Waals surface area contributed by atoms with Crippen molar-refractivity contribution in [3.05, 3.63) is 21.9 Å². The van der Waals surface area contributed by atoms with Gasteiger partial charge in [0.1, 0.15) is 0 Å². The summed E-state index contributed by atoms with van der Waals surface area (Å²) in [4.78, 5) is 11.7. The molecule has 0 radical (unpaired) electrons. The number of rotatable bonds is 5. The van der Waals surface area contributed by atoms with Crippen LogP contribution in [0.5, 0.6) is 0 Å². The molecule has 0 fully saturated rings. The Hall–Kier alpha value is -0.910. The van der Waals surface area contributed by atoms with E-state index in [9.17, 15) is 9.90 Å². The number of carbonyl (C=O) groups is 1. The van der Waals surface area contributed by atoms with Crippen LogP contribution in [0.15, 0.2) is 6.07 Å². The fraction of sp³-hybridized carbons (Fsp3) is 0.500. The normalized spacial score (nSPS) is 12.2. The van der Waals surface area contributed by atoms with Gasteiger partial charge in [-0.3, -0.25) is 4.79 Å². The number of halogens is 2. The highest BCUT2D eigenvalue weighted by atomic mass is 35.5. The second-order valence-electron chi connectivity index (χ2n) is 3.52. The van der Waals surface area contributed by atoms with E-state index in [1.165, 1.54) is 6.07 Å². The SMILES string of the molecule is CCCC(O)CNC(=O)c1cc(Cl)nnc1Cl. The van der Waals surface area contributed by atoms with Crippen LogP contribution in [0, 0.1) is 0 Å². The van der Waals surface area contributed by atoms with Crippen molar-refractivity contribution < 1.29 is 9.90 Å². The van der Waals surface area contributed by atoms with Crippen molar-refractivity contribution in [2.75, 3.05) is 6.54 Å². The lowest BCUT2D eigenvalue weighted by Crippen LogP contribution is -2.32. The smallest absolute Gasteiger partial charge is 0.254 e. The van der Waals surface area contributed by atoms with E-state index in [1.807, 2.05) is 6.92 Å². The van der Waals surface area contributed by atoms with Gasteiger partial charge in [-0.25, -0.2) is 0 Å². The Morgan fingerprint density at radius 2 is 2.24 bits per heavy atom. The van der Waals surface area contributed by atoms with Crippen molar-refractivity contribution in [2.24, 2.45) is 0 Å². The zero-order valence-corrected chi connectivity index (χ0v) is 10.8. The quantitative estimate of drug-likeness (QED) is 0.859. The number of amides is 1. The van der Waals surface area contributed by atoms with Gasteiger partial charge in [0.05, 0.1) is 11.7 Å². The molecule has 0 saturated carbocycles. The summed E-state index contributed by atoms with van der Waals surface area (Å²) in [7, 11) is 0. The molecule has 0 aliphatic heterocycles. The lowest BCUT2D eigenvalue weighted by Gasteiger charge is -2.10. The van der Waals surface area contributed by atoms with Crippen molar-refractivity contribution in [3.8, 4) is 0 Å². The first-order valence-corrected chi connectivity index (χ1v) is 5.95. The molecule has 0 bridgehead atoms. The van der Waals surface area contributed by atoms with Crippen LogP contribution in [-0.4, -0.2) is 33.9 Å². The van der Waals surface area contributed by atoms with Crippen molar-refractivity contribution in [3.63, 3.8) is 0 Å². The van der Waals surface area contributed by atoms with Gasteiger partial charge in [0.25, 0.3) is 5.91 Å². The predicted octanol–water partition coefficient (Wildman–Crippen LogP) is 1.67. The second kappa shape index (κ2) is 6.74. The van der Waals surface area contributed by atoms with Crippen LogP contribution < -0.4 is 5.32 Å². The van der Waals surface area contributed by atoms with Crippen LogP contribution in [0.3, 0.4) is 0 Å². The molecule has 1 rings (SSSR count). The molecular weight excluding hydrogens is 265 g/mol. The maximum atomic E-state index is 11.7. The number of nitrogens with one attached hydrogen (secondary N) is 1. The number of hydrogen-bond donors (Lipinski definition) is 2. The number of hydrogen-bond acceptors (Lipinski definition) is 4. The molecule has 1 atom stereocenters. The van der Waals surface area contributed by atoms with Crippen molar-refractivity contribution in [2.45, 2.75) is 25.9 Å². The van der Waals surface area contributed by atoms with Gasteiger partial charge in [-0.15, -0.1) is 10.2 Å². The van der Waals surface area contributed by atoms with Crippen molar-refractivity contribution in [1.82, 2.24) is 15.5 Å². The van der Waals surface area contributed by atoms with E-state index in [4.69, 9.17) is 23.2 Å². The molecule has 17 heavy (non-hydrogen) atoms. The van der Waals surface area contributed by atoms with Crippen LogP contribution in [0.25, 0.3) is 0 Å². The largest absolute Gasteiger partial charge is 0.391 e. The first kappa shape index (κ1) is 14.2. The summed E-state index contributed by atoms with van der Waals surface area (Å²) in [5.74, 6) is -0.429. The highest BCUT2D eigenvalue weighted by molar-refractivity contribution is 6.34. The van der Waals surface area contributed by atoms with E-state index in [0.29, 0.717) is 6.42 Å². The summed E-state index contributed by atoms with van der Waals surface area (Å²) in [5.41, 5.74) is 0.148. The number of carbonyl (C=O) groups excluding carboxylic acids is 1. The molecule has 7 heteroatoms. The topological polar surface area (TPSA) is 75.1 Å². The zero-order valence-electron chi connectivity index (χ0n) is 9.28. The van der Waals surface area contributed by atoms with E-state index in [1.54, 1.807) is 0 Å². The van der Waals surface area contributed by atoms with E-state index >= 15 is 0 Å². The molecule has 1 heterocycles. The van der Waals surface area contributed by atoms with E-state index < -0.39 is 12.0 Å². The second-order valence-corrected chi connectivity index (χ2v) is 4.27. The summed E-state index contributed by atoms with van der Waals surface area (Å²) < 4.78 is 0. The minimum atomic E-state index is -0.562. The molecule has 0 saturated heterocycles. The number of nitrogens with zero attached hydrogens (tertiary/aromatic N) is 2. The summed E-state index contributed by atoms with van der Waals surface area (Å²) in [6.07, 6.45) is 0.914. The monoisotopic (exact) mass is 277 g/mol. The van der Waals surface area contributed by atoms with Gasteiger partial charge in [0.15, 0.2) is 10.3 Å². The third-order valence-corrected chi connectivity index (χ3v) is 2.55. The van der Waals surface area contributed by atoms with Gasteiger partial charge in [-0.05, 0) is 12.5 Å². The molecule has 1 aromatic rings. The molecule has 5 nitrogen and oxygen atoms in total. The number of aromatic nitrogens is 2. The van der Waals surface area contributed by atoms with Gasteiger partial charge in [-0.1, -0.05) is 36.5 Å². The Morgan fingerprint density at radius 1 is 1.53 bits per heavy atom. The molecule has 1 aromatic heterocycles. The molecule has 1 amide bonds. The maximum Gasteiger partial charge on any atom is 0.254 e. The molecule has 0 spiro atoms. The van der Waals surface area contributed by atoms with Crippen LogP contribution in [0.1, 0.15) is 30.1 Å². The third-order valence-electron chi connectivity index (χ3n) is 2.08. The van der Waals surface area contributed by atoms with Gasteiger partial charge in [0, 0.05) is 6.54 Å². The summed E-state index contributed by atoms with van der Waals surface area (Å²) in [6, 6.07) is 1.33. The summed E-state index contributed by atoms with van der Waals surface area (Å²) in [5, 5.41) is 19.1. The predicted molar refractivity (Wildman–Crippen MR) is 65.3 cm³/mol. The van der Waals surface area contributed by atoms with Gasteiger partial charge < -0.3 is 10.4 Å². The van der Waals surface area contributed by atoms with Crippen LogP contribution in [-0.2, 0) is 0 Å². The average Bonchev–Trinajstić information content (AvgIpc) is 2.29. The van der Waals surface area contributed by atoms with Gasteiger partial charge in [-0.2, -0.15) is 0 Å². The van der Waals surface area contributed by atoms with Gasteiger partial charge in [0.2, 0.25) is 0 Å². The lowest BCUT2D eigenvalue weighted by molar-refractivity contribution is 0.0909. The van der Waals surface area contributed by atoms with E-state index in [0.717, 1.165) is 6.42 Å². The number of aliphatic hydroxyl groups is 1. The molecule has 1 unspecified atom stereocenters. The molecule has 94 valence electrons.